The van der Waals surface area contributed by atoms with Crippen molar-refractivity contribution in [2.45, 2.75) is 12.8 Å². The molecule has 0 unspecified atom stereocenters. The molecule has 0 saturated carbocycles. The first-order valence-electron chi connectivity index (χ1n) is 9.36. The first-order chi connectivity index (χ1) is 12.9. The van der Waals surface area contributed by atoms with Gasteiger partial charge in [-0.1, -0.05) is 30.3 Å². The largest absolute Gasteiger partial charge is 0.457 e. The van der Waals surface area contributed by atoms with Crippen LogP contribution in [0.1, 0.15) is 18.4 Å². The minimum absolute atomic E-state index is 0.766. The molecule has 4 rings (SSSR count). The van der Waals surface area contributed by atoms with Crippen LogP contribution >= 0.6 is 0 Å². The molecule has 0 radical (unpaired) electrons. The number of aliphatic imine (C=N–C) groups is 1. The second-order valence-corrected chi connectivity index (χ2v) is 6.94. The zero-order chi connectivity index (χ0) is 17.6. The molecule has 2 aliphatic heterocycles. The first kappa shape index (κ1) is 16.9. The second-order valence-electron chi connectivity index (χ2n) is 6.94. The summed E-state index contributed by atoms with van der Waals surface area (Å²) in [5.41, 5.74) is 2.33. The van der Waals surface area contributed by atoms with E-state index < -0.39 is 0 Å². The number of benzene rings is 2. The van der Waals surface area contributed by atoms with Gasteiger partial charge in [-0.05, 0) is 61.7 Å². The van der Waals surface area contributed by atoms with Crippen LogP contribution in [0.5, 0.6) is 11.5 Å². The lowest BCUT2D eigenvalue weighted by molar-refractivity contribution is 0.267. The summed E-state index contributed by atoms with van der Waals surface area (Å²) >= 11 is 0. The molecule has 1 saturated heterocycles. The Bertz CT molecular complexity index is 762. The third kappa shape index (κ3) is 4.33. The molecule has 0 spiro atoms. The highest BCUT2D eigenvalue weighted by molar-refractivity contribution is 6.10. The molecule has 0 bridgehead atoms. The Balaban J connectivity index is 1.41. The van der Waals surface area contributed by atoms with E-state index in [4.69, 9.17) is 4.74 Å². The first-order valence-corrected chi connectivity index (χ1v) is 9.36. The van der Waals surface area contributed by atoms with Gasteiger partial charge in [-0.25, -0.2) is 0 Å². The van der Waals surface area contributed by atoms with Crippen LogP contribution in [0.15, 0.2) is 65.8 Å². The molecule has 2 aromatic carbocycles. The van der Waals surface area contributed by atoms with E-state index in [0.717, 1.165) is 49.3 Å². The van der Waals surface area contributed by atoms with Gasteiger partial charge in [0.15, 0.2) is 0 Å². The van der Waals surface area contributed by atoms with E-state index in [9.17, 15) is 0 Å². The van der Waals surface area contributed by atoms with Gasteiger partial charge in [0.1, 0.15) is 18.2 Å². The lowest BCUT2D eigenvalue weighted by Crippen LogP contribution is -2.35. The Hall–Kier alpha value is -2.59. The summed E-state index contributed by atoms with van der Waals surface area (Å²) in [6.07, 6.45) is 6.75. The number of para-hydroxylation sites is 1. The van der Waals surface area contributed by atoms with Crippen molar-refractivity contribution >= 4 is 11.8 Å². The number of rotatable bonds is 5. The Morgan fingerprint density at radius 3 is 2.46 bits per heavy atom. The molecule has 2 heterocycles. The summed E-state index contributed by atoms with van der Waals surface area (Å²) in [5, 5.41) is 3.43. The standard InChI is InChI=1S/C22H25N3O/c1-2-4-21(5-3-1)26-22-8-6-19(7-9-22)20-14-24-17-25(16-20)15-18-10-12-23-13-11-18/h1-9,14,16,18,23H,10-13,15,17H2. The molecule has 4 nitrogen and oxygen atoms in total. The Labute approximate surface area is 155 Å². The zero-order valence-electron chi connectivity index (χ0n) is 15.0. The molecule has 1 N–H and O–H groups in total. The normalized spacial score (nSPS) is 17.8. The highest BCUT2D eigenvalue weighted by Gasteiger charge is 2.17. The molecule has 0 aliphatic carbocycles. The minimum atomic E-state index is 0.766. The van der Waals surface area contributed by atoms with Gasteiger partial charge in [0.2, 0.25) is 0 Å². The van der Waals surface area contributed by atoms with E-state index in [0.29, 0.717) is 0 Å². The van der Waals surface area contributed by atoms with Crippen LogP contribution in [0.25, 0.3) is 5.57 Å². The van der Waals surface area contributed by atoms with Gasteiger partial charge in [0.25, 0.3) is 0 Å². The summed E-state index contributed by atoms with van der Waals surface area (Å²) in [7, 11) is 0. The Kier molecular flexibility index (Phi) is 5.31. The quantitative estimate of drug-likeness (QED) is 0.882. The molecule has 0 atom stereocenters. The predicted molar refractivity (Wildman–Crippen MR) is 107 cm³/mol. The summed E-state index contributed by atoms with van der Waals surface area (Å²) in [6.45, 7) is 4.14. The molecule has 2 aliphatic rings. The van der Waals surface area contributed by atoms with Gasteiger partial charge in [-0.3, -0.25) is 4.99 Å². The van der Waals surface area contributed by atoms with Crippen LogP contribution in [0.4, 0.5) is 0 Å². The maximum Gasteiger partial charge on any atom is 0.127 e. The molecule has 1 fully saturated rings. The number of allylic oxidation sites excluding steroid dienone is 1. The fraction of sp³-hybridized carbons (Fsp3) is 0.318. The fourth-order valence-corrected chi connectivity index (χ4v) is 3.51. The molecule has 26 heavy (non-hydrogen) atoms. The van der Waals surface area contributed by atoms with Crippen LogP contribution in [0.2, 0.25) is 0 Å². The van der Waals surface area contributed by atoms with Crippen LogP contribution in [-0.4, -0.2) is 37.4 Å². The Morgan fingerprint density at radius 2 is 1.69 bits per heavy atom. The van der Waals surface area contributed by atoms with Gasteiger partial charge < -0.3 is 15.0 Å². The summed E-state index contributed by atoms with van der Waals surface area (Å²) in [5.74, 6) is 2.47. The van der Waals surface area contributed by atoms with Crippen molar-refractivity contribution < 1.29 is 4.74 Å². The molecule has 0 aromatic heterocycles. The third-order valence-electron chi connectivity index (χ3n) is 4.93. The topological polar surface area (TPSA) is 36.9 Å². The molecule has 134 valence electrons. The average Bonchev–Trinajstić information content (AvgIpc) is 2.70. The van der Waals surface area contributed by atoms with E-state index in [-0.39, 0.29) is 0 Å². The lowest BCUT2D eigenvalue weighted by Gasteiger charge is -2.30. The summed E-state index contributed by atoms with van der Waals surface area (Å²) in [6, 6.07) is 18.1. The monoisotopic (exact) mass is 347 g/mol. The highest BCUT2D eigenvalue weighted by Crippen LogP contribution is 2.25. The van der Waals surface area contributed by atoms with Gasteiger partial charge in [0, 0.05) is 24.5 Å². The minimum Gasteiger partial charge on any atom is -0.457 e. The van der Waals surface area contributed by atoms with Crippen molar-refractivity contribution in [2.75, 3.05) is 26.3 Å². The summed E-state index contributed by atoms with van der Waals surface area (Å²) < 4.78 is 5.87. The number of piperidine rings is 1. The van der Waals surface area contributed by atoms with Gasteiger partial charge in [0.05, 0.1) is 0 Å². The smallest absolute Gasteiger partial charge is 0.127 e. The van der Waals surface area contributed by atoms with E-state index in [1.165, 1.54) is 18.4 Å². The van der Waals surface area contributed by atoms with Crippen molar-refractivity contribution in [2.24, 2.45) is 10.9 Å². The van der Waals surface area contributed by atoms with Crippen LogP contribution in [0.3, 0.4) is 0 Å². The number of hydrogen-bond donors (Lipinski definition) is 1. The number of ether oxygens (including phenoxy) is 1. The van der Waals surface area contributed by atoms with E-state index in [2.05, 4.69) is 33.5 Å². The average molecular weight is 347 g/mol. The van der Waals surface area contributed by atoms with Crippen LogP contribution in [-0.2, 0) is 0 Å². The SMILES string of the molecule is C1=NCN(CC2CCNCC2)C=C1c1ccc(Oc2ccccc2)cc1. The molecule has 2 aromatic rings. The van der Waals surface area contributed by atoms with Crippen molar-refractivity contribution in [3.05, 3.63) is 66.4 Å². The van der Waals surface area contributed by atoms with Crippen molar-refractivity contribution in [1.29, 1.82) is 0 Å². The Morgan fingerprint density at radius 1 is 0.962 bits per heavy atom. The summed E-state index contributed by atoms with van der Waals surface area (Å²) in [4.78, 5) is 6.90. The molecular weight excluding hydrogens is 322 g/mol. The number of nitrogens with zero attached hydrogens (tertiary/aromatic N) is 2. The van der Waals surface area contributed by atoms with Gasteiger partial charge in [-0.2, -0.15) is 0 Å². The van der Waals surface area contributed by atoms with Crippen LogP contribution in [0, 0.1) is 5.92 Å². The molecule has 4 heteroatoms. The van der Waals surface area contributed by atoms with Crippen molar-refractivity contribution in [1.82, 2.24) is 10.2 Å². The van der Waals surface area contributed by atoms with Crippen molar-refractivity contribution in [3.8, 4) is 11.5 Å². The van der Waals surface area contributed by atoms with E-state index >= 15 is 0 Å². The highest BCUT2D eigenvalue weighted by atomic mass is 16.5. The predicted octanol–water partition coefficient (Wildman–Crippen LogP) is 4.16. The van der Waals surface area contributed by atoms with Gasteiger partial charge >= 0.3 is 0 Å². The molecule has 0 amide bonds. The molecular formula is C22H25N3O. The second kappa shape index (κ2) is 8.19. The zero-order valence-corrected chi connectivity index (χ0v) is 15.0. The maximum atomic E-state index is 5.87. The fourth-order valence-electron chi connectivity index (χ4n) is 3.51. The number of hydrogen-bond acceptors (Lipinski definition) is 4. The third-order valence-corrected chi connectivity index (χ3v) is 4.93. The van der Waals surface area contributed by atoms with E-state index in [1.807, 2.05) is 48.7 Å². The van der Waals surface area contributed by atoms with Gasteiger partial charge in [-0.15, -0.1) is 0 Å². The van der Waals surface area contributed by atoms with E-state index in [1.54, 1.807) is 0 Å². The maximum absolute atomic E-state index is 5.87. The van der Waals surface area contributed by atoms with Crippen molar-refractivity contribution in [3.63, 3.8) is 0 Å². The van der Waals surface area contributed by atoms with Crippen LogP contribution < -0.4 is 10.1 Å². The number of nitrogens with one attached hydrogen (secondary N) is 1. The lowest BCUT2D eigenvalue weighted by atomic mass is 9.97.